The number of likely N-dealkylation sites (tertiary alicyclic amines) is 1. The van der Waals surface area contributed by atoms with Gasteiger partial charge in [0.05, 0.1) is 7.11 Å². The van der Waals surface area contributed by atoms with Crippen LogP contribution in [0, 0.1) is 17.7 Å². The van der Waals surface area contributed by atoms with Crippen LogP contribution in [0.4, 0.5) is 4.39 Å². The van der Waals surface area contributed by atoms with Crippen molar-refractivity contribution in [2.75, 3.05) is 20.2 Å². The van der Waals surface area contributed by atoms with Crippen LogP contribution in [-0.2, 0) is 17.8 Å². The first-order chi connectivity index (χ1) is 15.1. The number of fused-ring (bicyclic) bond motifs is 4. The van der Waals surface area contributed by atoms with E-state index >= 15 is 0 Å². The van der Waals surface area contributed by atoms with E-state index in [-0.39, 0.29) is 11.9 Å². The normalized spacial score (nSPS) is 28.3. The molecule has 4 heterocycles. The number of carbonyl (C=O) groups is 1. The summed E-state index contributed by atoms with van der Waals surface area (Å²) in [5.41, 5.74) is 2.18. The molecule has 0 spiro atoms. The molecule has 0 saturated carbocycles. The summed E-state index contributed by atoms with van der Waals surface area (Å²) in [6.07, 6.45) is 6.40. The maximum atomic E-state index is 13.8. The largest absolute Gasteiger partial charge is 0.481 e. The zero-order chi connectivity index (χ0) is 21.4. The minimum Gasteiger partial charge on any atom is -0.481 e. The van der Waals surface area contributed by atoms with Crippen molar-refractivity contribution in [1.29, 1.82) is 0 Å². The van der Waals surface area contributed by atoms with Gasteiger partial charge in [-0.15, -0.1) is 0 Å². The lowest BCUT2D eigenvalue weighted by atomic mass is 9.70. The summed E-state index contributed by atoms with van der Waals surface area (Å²) in [5.74, 6) is 1.64. The third-order valence-electron chi connectivity index (χ3n) is 7.32. The first-order valence-corrected chi connectivity index (χ1v) is 11.4. The summed E-state index contributed by atoms with van der Waals surface area (Å²) < 4.78 is 19.1. The van der Waals surface area contributed by atoms with Crippen molar-refractivity contribution in [3.63, 3.8) is 0 Å². The molecule has 3 saturated heterocycles. The molecule has 3 aliphatic rings. The molecule has 4 atom stereocenters. The SMILES string of the molecule is COc1cc(CN2C[C@H]3C[C@@H](C2)[C@H](Cc2cccc(F)c2)N2C(=O)CCC[C@@H]32)ccn1. The number of carbonyl (C=O) groups excluding carboxylic acids is 1. The number of amides is 1. The summed E-state index contributed by atoms with van der Waals surface area (Å²) >= 11 is 0. The number of pyridine rings is 1. The fourth-order valence-electron chi connectivity index (χ4n) is 6.09. The van der Waals surface area contributed by atoms with E-state index in [2.05, 4.69) is 14.8 Å². The Hall–Kier alpha value is -2.47. The molecule has 2 bridgehead atoms. The number of halogens is 1. The molecule has 0 N–H and O–H groups in total. The zero-order valence-corrected chi connectivity index (χ0v) is 18.0. The molecule has 0 unspecified atom stereocenters. The first-order valence-electron chi connectivity index (χ1n) is 11.4. The molecule has 1 amide bonds. The van der Waals surface area contributed by atoms with Gasteiger partial charge in [0.1, 0.15) is 5.82 Å². The molecule has 31 heavy (non-hydrogen) atoms. The summed E-state index contributed by atoms with van der Waals surface area (Å²) in [5, 5.41) is 0. The Kier molecular flexibility index (Phi) is 5.65. The molecule has 5 rings (SSSR count). The van der Waals surface area contributed by atoms with Crippen LogP contribution in [0.2, 0.25) is 0 Å². The monoisotopic (exact) mass is 423 g/mol. The lowest BCUT2D eigenvalue weighted by molar-refractivity contribution is -0.152. The highest BCUT2D eigenvalue weighted by molar-refractivity contribution is 5.78. The predicted molar refractivity (Wildman–Crippen MR) is 116 cm³/mol. The van der Waals surface area contributed by atoms with Crippen LogP contribution in [0.5, 0.6) is 5.88 Å². The Balaban J connectivity index is 1.40. The highest BCUT2D eigenvalue weighted by Crippen LogP contribution is 2.43. The van der Waals surface area contributed by atoms with Crippen LogP contribution < -0.4 is 4.74 Å². The van der Waals surface area contributed by atoms with E-state index in [4.69, 9.17) is 4.74 Å². The van der Waals surface area contributed by atoms with Crippen molar-refractivity contribution in [3.05, 3.63) is 59.5 Å². The summed E-state index contributed by atoms with van der Waals surface area (Å²) in [6.45, 7) is 2.83. The van der Waals surface area contributed by atoms with E-state index in [1.165, 1.54) is 11.6 Å². The molecule has 164 valence electrons. The molecule has 1 aromatic carbocycles. The highest BCUT2D eigenvalue weighted by atomic mass is 19.1. The molecule has 0 aliphatic carbocycles. The maximum Gasteiger partial charge on any atom is 0.223 e. The second-order valence-electron chi connectivity index (χ2n) is 9.32. The van der Waals surface area contributed by atoms with Crippen molar-refractivity contribution < 1.29 is 13.9 Å². The van der Waals surface area contributed by atoms with Crippen LogP contribution in [0.15, 0.2) is 42.6 Å². The Labute approximate surface area is 183 Å². The van der Waals surface area contributed by atoms with E-state index in [9.17, 15) is 9.18 Å². The second kappa shape index (κ2) is 8.58. The molecule has 0 radical (unpaired) electrons. The van der Waals surface area contributed by atoms with Gasteiger partial charge in [-0.05, 0) is 66.8 Å². The number of hydrogen-bond acceptors (Lipinski definition) is 4. The highest BCUT2D eigenvalue weighted by Gasteiger charge is 2.49. The number of rotatable bonds is 5. The second-order valence-corrected chi connectivity index (χ2v) is 9.32. The Morgan fingerprint density at radius 3 is 2.87 bits per heavy atom. The van der Waals surface area contributed by atoms with Gasteiger partial charge in [-0.1, -0.05) is 12.1 Å². The maximum absolute atomic E-state index is 13.8. The van der Waals surface area contributed by atoms with Gasteiger partial charge in [-0.3, -0.25) is 9.69 Å². The third-order valence-corrected chi connectivity index (χ3v) is 7.32. The summed E-state index contributed by atoms with van der Waals surface area (Å²) in [4.78, 5) is 21.9. The van der Waals surface area contributed by atoms with Gasteiger partial charge >= 0.3 is 0 Å². The minimum absolute atomic E-state index is 0.144. The Morgan fingerprint density at radius 1 is 1.16 bits per heavy atom. The van der Waals surface area contributed by atoms with Gasteiger partial charge in [0.15, 0.2) is 0 Å². The van der Waals surface area contributed by atoms with E-state index < -0.39 is 0 Å². The Morgan fingerprint density at radius 2 is 2.03 bits per heavy atom. The van der Waals surface area contributed by atoms with Crippen LogP contribution >= 0.6 is 0 Å². The number of ether oxygens (including phenoxy) is 1. The van der Waals surface area contributed by atoms with Gasteiger partial charge < -0.3 is 9.64 Å². The molecule has 2 aromatic rings. The van der Waals surface area contributed by atoms with Crippen LogP contribution in [0.3, 0.4) is 0 Å². The molecule has 3 aliphatic heterocycles. The number of aromatic nitrogens is 1. The number of benzene rings is 1. The zero-order valence-electron chi connectivity index (χ0n) is 18.0. The fourth-order valence-corrected chi connectivity index (χ4v) is 6.09. The topological polar surface area (TPSA) is 45.7 Å². The van der Waals surface area contributed by atoms with E-state index in [0.29, 0.717) is 36.1 Å². The smallest absolute Gasteiger partial charge is 0.223 e. The average molecular weight is 424 g/mol. The third kappa shape index (κ3) is 4.18. The summed E-state index contributed by atoms with van der Waals surface area (Å²) in [6, 6.07) is 11.4. The average Bonchev–Trinajstić information content (AvgIpc) is 2.77. The quantitative estimate of drug-likeness (QED) is 0.736. The lowest BCUT2D eigenvalue weighted by Gasteiger charge is -2.57. The van der Waals surface area contributed by atoms with Crippen molar-refractivity contribution in [2.24, 2.45) is 11.8 Å². The van der Waals surface area contributed by atoms with Crippen molar-refractivity contribution in [3.8, 4) is 5.88 Å². The minimum atomic E-state index is -0.204. The number of methoxy groups -OCH3 is 1. The predicted octanol–water partition coefficient (Wildman–Crippen LogP) is 3.67. The number of piperidine rings is 3. The standard InChI is InChI=1S/C25H30FN3O2/c1-31-24-12-18(8-9-27-24)14-28-15-19-13-20(16-28)23(11-17-4-2-5-21(26)10-17)29-22(19)6-3-7-25(29)30/h2,4-5,8-10,12,19-20,22-23H,3,6-7,11,13-16H2,1H3/t19-,20+,22+,23+/m1/s1. The molecule has 5 nitrogen and oxygen atoms in total. The lowest BCUT2D eigenvalue weighted by Crippen LogP contribution is -2.65. The number of nitrogens with zero attached hydrogens (tertiary/aromatic N) is 3. The molecule has 1 aromatic heterocycles. The first kappa shape index (κ1) is 20.4. The molecule has 6 heteroatoms. The molecular formula is C25H30FN3O2. The van der Waals surface area contributed by atoms with Crippen LogP contribution in [0.1, 0.15) is 36.8 Å². The van der Waals surface area contributed by atoms with Crippen LogP contribution in [0.25, 0.3) is 0 Å². The van der Waals surface area contributed by atoms with Crippen molar-refractivity contribution in [1.82, 2.24) is 14.8 Å². The van der Waals surface area contributed by atoms with Gasteiger partial charge in [0, 0.05) is 50.4 Å². The molecular weight excluding hydrogens is 393 g/mol. The van der Waals surface area contributed by atoms with Gasteiger partial charge in [-0.2, -0.15) is 0 Å². The van der Waals surface area contributed by atoms with Crippen molar-refractivity contribution >= 4 is 5.91 Å². The molecule has 3 fully saturated rings. The van der Waals surface area contributed by atoms with Crippen molar-refractivity contribution in [2.45, 2.75) is 50.7 Å². The van der Waals surface area contributed by atoms with Gasteiger partial charge in [0.25, 0.3) is 0 Å². The van der Waals surface area contributed by atoms with E-state index in [0.717, 1.165) is 50.9 Å². The van der Waals surface area contributed by atoms with E-state index in [1.54, 1.807) is 25.4 Å². The Bertz CT molecular complexity index is 952. The van der Waals surface area contributed by atoms with Gasteiger partial charge in [0.2, 0.25) is 11.8 Å². The van der Waals surface area contributed by atoms with Crippen LogP contribution in [-0.4, -0.2) is 53.0 Å². The van der Waals surface area contributed by atoms with E-state index in [1.807, 2.05) is 18.2 Å². The number of hydrogen-bond donors (Lipinski definition) is 0. The fraction of sp³-hybridized carbons (Fsp3) is 0.520. The van der Waals surface area contributed by atoms with Gasteiger partial charge in [-0.25, -0.2) is 9.37 Å². The summed E-state index contributed by atoms with van der Waals surface area (Å²) in [7, 11) is 1.64.